The van der Waals surface area contributed by atoms with E-state index in [4.69, 9.17) is 5.73 Å². The Balaban J connectivity index is 3.16. The van der Waals surface area contributed by atoms with Crippen molar-refractivity contribution in [3.05, 3.63) is 18.2 Å². The van der Waals surface area contributed by atoms with E-state index >= 15 is 0 Å². The number of anilines is 2. The van der Waals surface area contributed by atoms with Gasteiger partial charge in [-0.15, -0.1) is 0 Å². The first-order chi connectivity index (χ1) is 9.34. The highest BCUT2D eigenvalue weighted by molar-refractivity contribution is 7.89. The predicted molar refractivity (Wildman–Crippen MR) is 84.5 cm³/mol. The molecule has 2 N–H and O–H groups in total. The second-order valence-corrected chi connectivity index (χ2v) is 7.15. The maximum atomic E-state index is 12.1. The summed E-state index contributed by atoms with van der Waals surface area (Å²) < 4.78 is 25.3. The number of benzene rings is 1. The lowest BCUT2D eigenvalue weighted by Gasteiger charge is -2.25. The summed E-state index contributed by atoms with van der Waals surface area (Å²) in [6.45, 7) is 6.06. The normalized spacial score (nSPS) is 11.8. The Morgan fingerprint density at radius 3 is 2.05 bits per heavy atom. The summed E-state index contributed by atoms with van der Waals surface area (Å²) in [5.41, 5.74) is 7.47. The molecule has 0 aliphatic rings. The SMILES string of the molecule is CCCN(CCC)c1ccc(S(=O)(=O)N(C)C)cc1N. The molecule has 0 atom stereocenters. The van der Waals surface area contributed by atoms with E-state index in [9.17, 15) is 8.42 Å². The van der Waals surface area contributed by atoms with Gasteiger partial charge in [-0.25, -0.2) is 12.7 Å². The number of sulfonamides is 1. The van der Waals surface area contributed by atoms with Gasteiger partial charge in [0.1, 0.15) is 0 Å². The van der Waals surface area contributed by atoms with Crippen molar-refractivity contribution in [1.29, 1.82) is 0 Å². The number of hydrogen-bond acceptors (Lipinski definition) is 4. The highest BCUT2D eigenvalue weighted by Crippen LogP contribution is 2.27. The van der Waals surface area contributed by atoms with E-state index in [2.05, 4.69) is 18.7 Å². The van der Waals surface area contributed by atoms with Crippen LogP contribution in [0.15, 0.2) is 23.1 Å². The number of rotatable bonds is 7. The third kappa shape index (κ3) is 3.64. The molecule has 0 bridgehead atoms. The van der Waals surface area contributed by atoms with Crippen molar-refractivity contribution < 1.29 is 8.42 Å². The Morgan fingerprint density at radius 2 is 1.65 bits per heavy atom. The summed E-state index contributed by atoms with van der Waals surface area (Å²) in [6, 6.07) is 4.97. The van der Waals surface area contributed by atoms with Gasteiger partial charge in [-0.05, 0) is 31.0 Å². The third-order valence-corrected chi connectivity index (χ3v) is 4.92. The monoisotopic (exact) mass is 299 g/mol. The first kappa shape index (κ1) is 16.8. The molecule has 0 saturated carbocycles. The van der Waals surface area contributed by atoms with Crippen molar-refractivity contribution in [2.75, 3.05) is 37.8 Å². The molecule has 6 heteroatoms. The fraction of sp³-hybridized carbons (Fsp3) is 0.571. The van der Waals surface area contributed by atoms with Crippen LogP contribution in [0, 0.1) is 0 Å². The molecule has 20 heavy (non-hydrogen) atoms. The van der Waals surface area contributed by atoms with Crippen LogP contribution >= 0.6 is 0 Å². The van der Waals surface area contributed by atoms with Crippen LogP contribution in [0.5, 0.6) is 0 Å². The molecule has 1 rings (SSSR count). The van der Waals surface area contributed by atoms with Crippen LogP contribution < -0.4 is 10.6 Å². The summed E-state index contributed by atoms with van der Waals surface area (Å²) >= 11 is 0. The summed E-state index contributed by atoms with van der Waals surface area (Å²) in [5.74, 6) is 0. The van der Waals surface area contributed by atoms with E-state index in [1.54, 1.807) is 18.2 Å². The molecular formula is C14H25N3O2S. The zero-order chi connectivity index (χ0) is 15.3. The quantitative estimate of drug-likeness (QED) is 0.783. The minimum atomic E-state index is -3.43. The van der Waals surface area contributed by atoms with Gasteiger partial charge in [0.05, 0.1) is 16.3 Å². The smallest absolute Gasteiger partial charge is 0.242 e. The molecule has 0 spiro atoms. The Bertz CT molecular complexity index is 535. The molecule has 0 heterocycles. The Labute approximate surface area is 122 Å². The second kappa shape index (κ2) is 6.95. The molecule has 0 aliphatic carbocycles. The molecular weight excluding hydrogens is 274 g/mol. The number of nitrogens with two attached hydrogens (primary N) is 1. The van der Waals surface area contributed by atoms with E-state index < -0.39 is 10.0 Å². The molecule has 0 amide bonds. The van der Waals surface area contributed by atoms with Crippen molar-refractivity contribution in [1.82, 2.24) is 4.31 Å². The standard InChI is InChI=1S/C14H25N3O2S/c1-5-9-17(10-6-2)14-8-7-12(11-13(14)15)20(18,19)16(3)4/h7-8,11H,5-6,9-10,15H2,1-4H3. The third-order valence-electron chi connectivity index (χ3n) is 3.11. The summed E-state index contributed by atoms with van der Waals surface area (Å²) in [4.78, 5) is 2.43. The van der Waals surface area contributed by atoms with Gasteiger partial charge in [-0.2, -0.15) is 0 Å². The zero-order valence-corrected chi connectivity index (χ0v) is 13.6. The molecule has 0 saturated heterocycles. The van der Waals surface area contributed by atoms with Gasteiger partial charge in [0.2, 0.25) is 10.0 Å². The van der Waals surface area contributed by atoms with Crippen molar-refractivity contribution >= 4 is 21.4 Å². The van der Waals surface area contributed by atoms with E-state index in [-0.39, 0.29) is 4.90 Å². The summed E-state index contributed by atoms with van der Waals surface area (Å²) in [7, 11) is -0.404. The molecule has 0 radical (unpaired) electrons. The van der Waals surface area contributed by atoms with Crippen molar-refractivity contribution in [2.24, 2.45) is 0 Å². The van der Waals surface area contributed by atoms with Gasteiger partial charge in [0.15, 0.2) is 0 Å². The van der Waals surface area contributed by atoms with Crippen LogP contribution in [-0.4, -0.2) is 39.9 Å². The van der Waals surface area contributed by atoms with Crippen LogP contribution in [-0.2, 0) is 10.0 Å². The number of nitrogen functional groups attached to an aromatic ring is 1. The Morgan fingerprint density at radius 1 is 1.10 bits per heavy atom. The molecule has 0 aromatic heterocycles. The lowest BCUT2D eigenvalue weighted by Crippen LogP contribution is -2.26. The Kier molecular flexibility index (Phi) is 5.83. The van der Waals surface area contributed by atoms with Crippen LogP contribution in [0.2, 0.25) is 0 Å². The minimum Gasteiger partial charge on any atom is -0.397 e. The summed E-state index contributed by atoms with van der Waals surface area (Å²) in [5, 5.41) is 0. The van der Waals surface area contributed by atoms with Gasteiger partial charge in [0, 0.05) is 27.2 Å². The fourth-order valence-corrected chi connectivity index (χ4v) is 3.02. The molecule has 0 unspecified atom stereocenters. The summed E-state index contributed by atoms with van der Waals surface area (Å²) in [6.07, 6.45) is 2.05. The van der Waals surface area contributed by atoms with Crippen LogP contribution in [0.3, 0.4) is 0 Å². The molecule has 0 aliphatic heterocycles. The van der Waals surface area contributed by atoms with Gasteiger partial charge in [-0.1, -0.05) is 13.8 Å². The van der Waals surface area contributed by atoms with E-state index in [0.717, 1.165) is 31.6 Å². The molecule has 1 aromatic carbocycles. The van der Waals surface area contributed by atoms with Crippen molar-refractivity contribution in [3.63, 3.8) is 0 Å². The second-order valence-electron chi connectivity index (χ2n) is 5.00. The number of nitrogens with zero attached hydrogens (tertiary/aromatic N) is 2. The van der Waals surface area contributed by atoms with Gasteiger partial charge < -0.3 is 10.6 Å². The largest absolute Gasteiger partial charge is 0.397 e. The minimum absolute atomic E-state index is 0.233. The van der Waals surface area contributed by atoms with Crippen molar-refractivity contribution in [2.45, 2.75) is 31.6 Å². The molecule has 5 nitrogen and oxygen atoms in total. The molecule has 114 valence electrons. The lowest BCUT2D eigenvalue weighted by molar-refractivity contribution is 0.521. The highest BCUT2D eigenvalue weighted by atomic mass is 32.2. The van der Waals surface area contributed by atoms with Crippen LogP contribution in [0.4, 0.5) is 11.4 Å². The topological polar surface area (TPSA) is 66.6 Å². The lowest BCUT2D eigenvalue weighted by atomic mass is 10.2. The molecule has 0 fully saturated rings. The van der Waals surface area contributed by atoms with E-state index in [1.165, 1.54) is 18.4 Å². The van der Waals surface area contributed by atoms with Crippen LogP contribution in [0.25, 0.3) is 0 Å². The zero-order valence-electron chi connectivity index (χ0n) is 12.8. The van der Waals surface area contributed by atoms with Crippen molar-refractivity contribution in [3.8, 4) is 0 Å². The maximum absolute atomic E-state index is 12.1. The molecule has 1 aromatic rings. The number of hydrogen-bond donors (Lipinski definition) is 1. The van der Waals surface area contributed by atoms with E-state index in [0.29, 0.717) is 5.69 Å². The first-order valence-corrected chi connectivity index (χ1v) is 8.35. The van der Waals surface area contributed by atoms with Gasteiger partial charge in [0.25, 0.3) is 0 Å². The highest BCUT2D eigenvalue weighted by Gasteiger charge is 2.19. The van der Waals surface area contributed by atoms with Gasteiger partial charge >= 0.3 is 0 Å². The van der Waals surface area contributed by atoms with Gasteiger partial charge in [-0.3, -0.25) is 0 Å². The predicted octanol–water partition coefficient (Wildman–Crippen LogP) is 2.15. The maximum Gasteiger partial charge on any atom is 0.242 e. The van der Waals surface area contributed by atoms with Crippen LogP contribution in [0.1, 0.15) is 26.7 Å². The average Bonchev–Trinajstić information content (AvgIpc) is 2.38. The van der Waals surface area contributed by atoms with E-state index in [1.807, 2.05) is 0 Å². The Hall–Kier alpha value is -1.27. The fourth-order valence-electron chi connectivity index (χ4n) is 2.08. The average molecular weight is 299 g/mol. The first-order valence-electron chi connectivity index (χ1n) is 6.91.